The molecular formula is C12H18IN3. The first-order valence-corrected chi connectivity index (χ1v) is 6.99. The van der Waals surface area contributed by atoms with Crippen LogP contribution in [0.15, 0.2) is 12.5 Å². The van der Waals surface area contributed by atoms with Crippen LogP contribution in [-0.2, 0) is 0 Å². The molecule has 4 heteroatoms. The van der Waals surface area contributed by atoms with E-state index in [0.717, 1.165) is 22.5 Å². The third kappa shape index (κ3) is 2.17. The second kappa shape index (κ2) is 4.85. The van der Waals surface area contributed by atoms with Gasteiger partial charge in [-0.2, -0.15) is 0 Å². The molecule has 0 radical (unpaired) electrons. The molecular weight excluding hydrogens is 313 g/mol. The van der Waals surface area contributed by atoms with Crippen molar-refractivity contribution in [1.29, 1.82) is 0 Å². The summed E-state index contributed by atoms with van der Waals surface area (Å²) in [6, 6.07) is 0. The summed E-state index contributed by atoms with van der Waals surface area (Å²) in [5.41, 5.74) is 0.508. The monoisotopic (exact) mass is 331 g/mol. The van der Waals surface area contributed by atoms with Gasteiger partial charge in [0.05, 0.1) is 3.57 Å². The molecule has 1 aromatic heterocycles. The predicted octanol–water partition coefficient (Wildman–Crippen LogP) is 3.10. The average molecular weight is 331 g/mol. The van der Waals surface area contributed by atoms with Crippen LogP contribution in [0.2, 0.25) is 0 Å². The molecule has 0 bridgehead atoms. The van der Waals surface area contributed by atoms with Gasteiger partial charge in [-0.05, 0) is 47.3 Å². The Morgan fingerprint density at radius 1 is 1.44 bits per heavy atom. The van der Waals surface area contributed by atoms with Gasteiger partial charge in [0.25, 0.3) is 0 Å². The Kier molecular flexibility index (Phi) is 3.66. The van der Waals surface area contributed by atoms with Gasteiger partial charge in [-0.3, -0.25) is 0 Å². The van der Waals surface area contributed by atoms with E-state index in [1.165, 1.54) is 19.3 Å². The van der Waals surface area contributed by atoms with Crippen LogP contribution in [0.25, 0.3) is 0 Å². The van der Waals surface area contributed by atoms with Crippen molar-refractivity contribution in [2.45, 2.75) is 33.1 Å². The SMILES string of the molecule is CCC1(CC)CCN(c2ncncc2I)C1. The highest BCUT2D eigenvalue weighted by Gasteiger charge is 2.35. The first kappa shape index (κ1) is 12.1. The lowest BCUT2D eigenvalue weighted by atomic mass is 9.82. The van der Waals surface area contributed by atoms with Crippen LogP contribution < -0.4 is 4.90 Å². The topological polar surface area (TPSA) is 29.0 Å². The molecule has 1 fully saturated rings. The summed E-state index contributed by atoms with van der Waals surface area (Å²) in [7, 11) is 0. The lowest BCUT2D eigenvalue weighted by Gasteiger charge is -2.26. The Bertz CT molecular complexity index is 363. The molecule has 1 aliphatic rings. The number of rotatable bonds is 3. The Balaban J connectivity index is 2.18. The molecule has 16 heavy (non-hydrogen) atoms. The lowest BCUT2D eigenvalue weighted by molar-refractivity contribution is 0.301. The lowest BCUT2D eigenvalue weighted by Crippen LogP contribution is -2.27. The zero-order valence-corrected chi connectivity index (χ0v) is 12.1. The molecule has 3 nitrogen and oxygen atoms in total. The number of halogens is 1. The Hall–Kier alpha value is -0.390. The summed E-state index contributed by atoms with van der Waals surface area (Å²) in [6.45, 7) is 6.89. The zero-order chi connectivity index (χ0) is 11.6. The fraction of sp³-hybridized carbons (Fsp3) is 0.667. The molecule has 0 spiro atoms. The summed E-state index contributed by atoms with van der Waals surface area (Å²) in [6.07, 6.45) is 7.36. The number of aromatic nitrogens is 2. The molecule has 88 valence electrons. The fourth-order valence-electron chi connectivity index (χ4n) is 2.48. The molecule has 2 heterocycles. The van der Waals surface area contributed by atoms with Gasteiger partial charge in [-0.25, -0.2) is 9.97 Å². The maximum absolute atomic E-state index is 4.40. The summed E-state index contributed by atoms with van der Waals surface area (Å²) >= 11 is 2.32. The van der Waals surface area contributed by atoms with E-state index in [1.807, 2.05) is 6.20 Å². The van der Waals surface area contributed by atoms with Crippen LogP contribution in [0, 0.1) is 8.99 Å². The molecule has 2 rings (SSSR count). The van der Waals surface area contributed by atoms with Gasteiger partial charge in [-0.15, -0.1) is 0 Å². The summed E-state index contributed by atoms with van der Waals surface area (Å²) in [5, 5.41) is 0. The van der Waals surface area contributed by atoms with Crippen LogP contribution in [-0.4, -0.2) is 23.1 Å². The van der Waals surface area contributed by atoms with Crippen molar-refractivity contribution in [3.8, 4) is 0 Å². The van der Waals surface area contributed by atoms with Crippen LogP contribution in [0.4, 0.5) is 5.82 Å². The highest BCUT2D eigenvalue weighted by Crippen LogP contribution is 2.39. The largest absolute Gasteiger partial charge is 0.355 e. The van der Waals surface area contributed by atoms with Crippen molar-refractivity contribution in [3.05, 3.63) is 16.1 Å². The van der Waals surface area contributed by atoms with Crippen molar-refractivity contribution in [2.75, 3.05) is 18.0 Å². The molecule has 0 unspecified atom stereocenters. The normalized spacial score (nSPS) is 19.1. The quantitative estimate of drug-likeness (QED) is 0.797. The number of hydrogen-bond donors (Lipinski definition) is 0. The molecule has 0 saturated carbocycles. The molecule has 1 aliphatic heterocycles. The van der Waals surface area contributed by atoms with Crippen molar-refractivity contribution < 1.29 is 0 Å². The highest BCUT2D eigenvalue weighted by molar-refractivity contribution is 14.1. The second-order valence-electron chi connectivity index (χ2n) is 4.57. The smallest absolute Gasteiger partial charge is 0.145 e. The molecule has 0 aromatic carbocycles. The minimum atomic E-state index is 0.508. The van der Waals surface area contributed by atoms with Gasteiger partial charge in [0.2, 0.25) is 0 Å². The minimum Gasteiger partial charge on any atom is -0.355 e. The summed E-state index contributed by atoms with van der Waals surface area (Å²) in [5.74, 6) is 1.11. The molecule has 0 amide bonds. The summed E-state index contributed by atoms with van der Waals surface area (Å²) in [4.78, 5) is 10.9. The van der Waals surface area contributed by atoms with E-state index in [9.17, 15) is 0 Å². The molecule has 1 saturated heterocycles. The molecule has 1 aromatic rings. The van der Waals surface area contributed by atoms with Crippen LogP contribution >= 0.6 is 22.6 Å². The second-order valence-corrected chi connectivity index (χ2v) is 5.74. The van der Waals surface area contributed by atoms with E-state index in [-0.39, 0.29) is 0 Å². The number of nitrogens with zero attached hydrogens (tertiary/aromatic N) is 3. The van der Waals surface area contributed by atoms with E-state index in [2.05, 4.69) is 51.3 Å². The predicted molar refractivity (Wildman–Crippen MR) is 74.6 cm³/mol. The van der Waals surface area contributed by atoms with Gasteiger partial charge >= 0.3 is 0 Å². The fourth-order valence-corrected chi connectivity index (χ4v) is 3.12. The Labute approximate surface area is 111 Å². The maximum Gasteiger partial charge on any atom is 0.145 e. The number of anilines is 1. The first-order valence-electron chi connectivity index (χ1n) is 5.91. The molecule has 0 atom stereocenters. The first-order chi connectivity index (χ1) is 7.71. The van der Waals surface area contributed by atoms with Gasteiger partial charge < -0.3 is 4.90 Å². The number of hydrogen-bond acceptors (Lipinski definition) is 3. The molecule has 0 aliphatic carbocycles. The van der Waals surface area contributed by atoms with E-state index in [1.54, 1.807) is 6.33 Å². The van der Waals surface area contributed by atoms with Gasteiger partial charge in [0.15, 0.2) is 0 Å². The standard InChI is InChI=1S/C12H18IN3/c1-3-12(4-2)5-6-16(8-12)11-10(13)7-14-9-15-11/h7,9H,3-6,8H2,1-2H3. The Morgan fingerprint density at radius 2 is 2.19 bits per heavy atom. The summed E-state index contributed by atoms with van der Waals surface area (Å²) < 4.78 is 1.16. The van der Waals surface area contributed by atoms with Crippen LogP contribution in [0.5, 0.6) is 0 Å². The van der Waals surface area contributed by atoms with Crippen molar-refractivity contribution in [3.63, 3.8) is 0 Å². The van der Waals surface area contributed by atoms with Gasteiger partial charge in [0.1, 0.15) is 12.1 Å². The van der Waals surface area contributed by atoms with Gasteiger partial charge in [-0.1, -0.05) is 13.8 Å². The van der Waals surface area contributed by atoms with E-state index in [4.69, 9.17) is 0 Å². The van der Waals surface area contributed by atoms with Crippen LogP contribution in [0.1, 0.15) is 33.1 Å². The van der Waals surface area contributed by atoms with Crippen molar-refractivity contribution in [1.82, 2.24) is 9.97 Å². The third-order valence-electron chi connectivity index (χ3n) is 3.89. The molecule has 0 N–H and O–H groups in total. The van der Waals surface area contributed by atoms with E-state index >= 15 is 0 Å². The maximum atomic E-state index is 4.40. The highest BCUT2D eigenvalue weighted by atomic mass is 127. The van der Waals surface area contributed by atoms with E-state index in [0.29, 0.717) is 5.41 Å². The minimum absolute atomic E-state index is 0.508. The van der Waals surface area contributed by atoms with Gasteiger partial charge in [0, 0.05) is 19.3 Å². The average Bonchev–Trinajstić information content (AvgIpc) is 2.75. The van der Waals surface area contributed by atoms with Crippen LogP contribution in [0.3, 0.4) is 0 Å². The van der Waals surface area contributed by atoms with Crippen molar-refractivity contribution in [2.24, 2.45) is 5.41 Å². The third-order valence-corrected chi connectivity index (χ3v) is 4.65. The van der Waals surface area contributed by atoms with E-state index < -0.39 is 0 Å². The zero-order valence-electron chi connectivity index (χ0n) is 9.91. The van der Waals surface area contributed by atoms with Crippen molar-refractivity contribution >= 4 is 28.4 Å². The Morgan fingerprint density at radius 3 is 2.75 bits per heavy atom.